The van der Waals surface area contributed by atoms with Crippen LogP contribution in [0.15, 0.2) is 48.5 Å². The van der Waals surface area contributed by atoms with Gasteiger partial charge in [-0.25, -0.2) is 4.98 Å². The van der Waals surface area contributed by atoms with Crippen LogP contribution in [0.25, 0.3) is 10.2 Å². The Bertz CT molecular complexity index is 1010. The third kappa shape index (κ3) is 2.21. The van der Waals surface area contributed by atoms with Gasteiger partial charge in [-0.2, -0.15) is 5.26 Å². The van der Waals surface area contributed by atoms with Crippen molar-refractivity contribution in [1.29, 1.82) is 5.26 Å². The molecule has 1 atom stereocenters. The van der Waals surface area contributed by atoms with E-state index in [1.165, 1.54) is 35.2 Å². The van der Waals surface area contributed by atoms with Crippen molar-refractivity contribution in [2.45, 2.75) is 49.5 Å². The summed E-state index contributed by atoms with van der Waals surface area (Å²) in [6.45, 7) is 0. The van der Waals surface area contributed by atoms with E-state index in [9.17, 15) is 5.26 Å². The fraction of sp³-hybridized carbons (Fsp3) is 0.391. The molecule has 3 aromatic rings. The largest absolute Gasteiger partial charge is 0.367 e. The molecule has 1 fully saturated rings. The van der Waals surface area contributed by atoms with Crippen LogP contribution in [-0.4, -0.2) is 17.6 Å². The number of hydrogen-bond donors (Lipinski definition) is 0. The SMILES string of the molecule is CN1c2ccccc2C[C@](C#N)(c2nc3ccccc3s2)C12CCCCC2. The maximum atomic E-state index is 10.7. The van der Waals surface area contributed by atoms with Crippen molar-refractivity contribution in [2.24, 2.45) is 0 Å². The number of anilines is 1. The molecule has 0 amide bonds. The maximum absolute atomic E-state index is 10.7. The van der Waals surface area contributed by atoms with Crippen molar-refractivity contribution in [2.75, 3.05) is 11.9 Å². The number of nitrogens with zero attached hydrogens (tertiary/aromatic N) is 3. The number of rotatable bonds is 1. The second-order valence-electron chi connectivity index (χ2n) is 7.96. The number of fused-ring (bicyclic) bond motifs is 2. The van der Waals surface area contributed by atoms with Crippen molar-refractivity contribution in [1.82, 2.24) is 4.98 Å². The average Bonchev–Trinajstić information content (AvgIpc) is 3.16. The Labute approximate surface area is 164 Å². The zero-order valence-electron chi connectivity index (χ0n) is 15.6. The minimum Gasteiger partial charge on any atom is -0.367 e. The number of para-hydroxylation sites is 2. The zero-order valence-corrected chi connectivity index (χ0v) is 16.4. The van der Waals surface area contributed by atoms with E-state index >= 15 is 0 Å². The van der Waals surface area contributed by atoms with Crippen LogP contribution in [0.2, 0.25) is 0 Å². The smallest absolute Gasteiger partial charge is 0.136 e. The van der Waals surface area contributed by atoms with Gasteiger partial charge in [0.15, 0.2) is 0 Å². The molecule has 2 aliphatic rings. The summed E-state index contributed by atoms with van der Waals surface area (Å²) < 4.78 is 1.18. The molecule has 1 saturated carbocycles. The van der Waals surface area contributed by atoms with Crippen LogP contribution in [-0.2, 0) is 11.8 Å². The molecule has 2 heterocycles. The monoisotopic (exact) mass is 373 g/mol. The van der Waals surface area contributed by atoms with Gasteiger partial charge in [-0.3, -0.25) is 0 Å². The summed E-state index contributed by atoms with van der Waals surface area (Å²) in [7, 11) is 2.20. The minimum atomic E-state index is -0.597. The molecule has 27 heavy (non-hydrogen) atoms. The molecule has 0 bridgehead atoms. The van der Waals surface area contributed by atoms with Crippen molar-refractivity contribution in [3.8, 4) is 6.07 Å². The van der Waals surface area contributed by atoms with Gasteiger partial charge in [0.05, 0.1) is 21.8 Å². The molecule has 1 aliphatic heterocycles. The molecule has 0 unspecified atom stereocenters. The summed E-state index contributed by atoms with van der Waals surface area (Å²) in [4.78, 5) is 7.44. The Hall–Kier alpha value is -2.38. The molecule has 1 spiro atoms. The highest BCUT2D eigenvalue weighted by Gasteiger charge is 2.60. The number of hydrogen-bond acceptors (Lipinski definition) is 4. The van der Waals surface area contributed by atoms with Gasteiger partial charge in [-0.1, -0.05) is 49.6 Å². The number of aromatic nitrogens is 1. The summed E-state index contributed by atoms with van der Waals surface area (Å²) in [5, 5.41) is 11.7. The maximum Gasteiger partial charge on any atom is 0.136 e. The molecule has 0 radical (unpaired) electrons. The number of thiazole rings is 1. The van der Waals surface area contributed by atoms with Crippen LogP contribution in [0.3, 0.4) is 0 Å². The molecule has 0 N–H and O–H groups in total. The molecule has 136 valence electrons. The summed E-state index contributed by atoms with van der Waals surface area (Å²) in [5.41, 5.74) is 2.78. The predicted octanol–water partition coefficient (Wildman–Crippen LogP) is 5.45. The molecular weight excluding hydrogens is 350 g/mol. The van der Waals surface area contributed by atoms with Crippen LogP contribution >= 0.6 is 11.3 Å². The van der Waals surface area contributed by atoms with Gasteiger partial charge in [0.1, 0.15) is 10.4 Å². The lowest BCUT2D eigenvalue weighted by Crippen LogP contribution is -2.65. The second-order valence-corrected chi connectivity index (χ2v) is 8.99. The molecular formula is C23H23N3S. The highest BCUT2D eigenvalue weighted by Crippen LogP contribution is 2.55. The van der Waals surface area contributed by atoms with Crippen LogP contribution in [0.4, 0.5) is 5.69 Å². The second kappa shape index (κ2) is 6.07. The van der Waals surface area contributed by atoms with Gasteiger partial charge in [-0.05, 0) is 36.6 Å². The number of nitriles is 1. The first-order valence-corrected chi connectivity index (χ1v) is 10.6. The van der Waals surface area contributed by atoms with Crippen LogP contribution in [0.5, 0.6) is 0 Å². The van der Waals surface area contributed by atoms with Gasteiger partial charge >= 0.3 is 0 Å². The molecule has 3 nitrogen and oxygen atoms in total. The lowest BCUT2D eigenvalue weighted by Gasteiger charge is -2.57. The Morgan fingerprint density at radius 1 is 1.04 bits per heavy atom. The van der Waals surface area contributed by atoms with Crippen molar-refractivity contribution < 1.29 is 0 Å². The molecule has 4 heteroatoms. The standard InChI is InChI=1S/C23H23N3S/c1-26-19-11-5-3-9-17(19)15-22(16-24,23(26)13-7-2-8-14-23)21-25-18-10-4-6-12-20(18)27-21/h3-6,9-12H,2,7-8,13-15H2,1H3/t22-/m0/s1. The molecule has 1 aliphatic carbocycles. The van der Waals surface area contributed by atoms with Gasteiger partial charge in [-0.15, -0.1) is 11.3 Å². The van der Waals surface area contributed by atoms with Crippen molar-refractivity contribution in [3.63, 3.8) is 0 Å². The third-order valence-corrected chi connectivity index (χ3v) is 7.97. The predicted molar refractivity (Wildman–Crippen MR) is 111 cm³/mol. The van der Waals surface area contributed by atoms with E-state index in [1.54, 1.807) is 11.3 Å². The van der Waals surface area contributed by atoms with E-state index in [0.717, 1.165) is 29.8 Å². The summed E-state index contributed by atoms with van der Waals surface area (Å²) in [6.07, 6.45) is 6.49. The van der Waals surface area contributed by atoms with Crippen molar-refractivity contribution >= 4 is 27.2 Å². The van der Waals surface area contributed by atoms with E-state index in [1.807, 2.05) is 6.07 Å². The lowest BCUT2D eigenvalue weighted by molar-refractivity contribution is 0.178. The van der Waals surface area contributed by atoms with Gasteiger partial charge in [0, 0.05) is 19.2 Å². The van der Waals surface area contributed by atoms with Gasteiger partial charge in [0.25, 0.3) is 0 Å². The van der Waals surface area contributed by atoms with E-state index in [4.69, 9.17) is 4.98 Å². The fourth-order valence-corrected chi connectivity index (χ4v) is 6.57. The lowest BCUT2D eigenvalue weighted by atomic mass is 9.58. The van der Waals surface area contributed by atoms with Crippen molar-refractivity contribution in [3.05, 3.63) is 59.1 Å². The first kappa shape index (κ1) is 16.8. The third-order valence-electron chi connectivity index (χ3n) is 6.78. The molecule has 1 aromatic heterocycles. The number of likely N-dealkylation sites (N-methyl/N-ethyl adjacent to an activating group) is 1. The first-order chi connectivity index (χ1) is 13.2. The topological polar surface area (TPSA) is 39.9 Å². The normalized spacial score (nSPS) is 23.9. The fourth-order valence-electron chi connectivity index (χ4n) is 5.37. The quantitative estimate of drug-likeness (QED) is 0.569. The summed E-state index contributed by atoms with van der Waals surface area (Å²) in [6, 6.07) is 19.7. The highest BCUT2D eigenvalue weighted by atomic mass is 32.1. The highest BCUT2D eigenvalue weighted by molar-refractivity contribution is 7.18. The first-order valence-electron chi connectivity index (χ1n) is 9.79. The molecule has 2 aromatic carbocycles. The van der Waals surface area contributed by atoms with E-state index in [-0.39, 0.29) is 5.54 Å². The Balaban J connectivity index is 1.78. The van der Waals surface area contributed by atoms with Crippen LogP contribution in [0, 0.1) is 11.3 Å². The zero-order chi connectivity index (χ0) is 18.5. The van der Waals surface area contributed by atoms with Crippen LogP contribution < -0.4 is 4.90 Å². The Morgan fingerprint density at radius 3 is 2.56 bits per heavy atom. The molecule has 5 rings (SSSR count). The van der Waals surface area contributed by atoms with E-state index in [0.29, 0.717) is 0 Å². The molecule has 0 saturated heterocycles. The van der Waals surface area contributed by atoms with Gasteiger partial charge < -0.3 is 4.90 Å². The average molecular weight is 374 g/mol. The Kier molecular flexibility index (Phi) is 3.77. The van der Waals surface area contributed by atoms with Gasteiger partial charge in [0.2, 0.25) is 0 Å². The summed E-state index contributed by atoms with van der Waals surface area (Å²) >= 11 is 1.71. The van der Waals surface area contributed by atoms with E-state index in [2.05, 4.69) is 60.5 Å². The Morgan fingerprint density at radius 2 is 1.78 bits per heavy atom. The van der Waals surface area contributed by atoms with Crippen LogP contribution in [0.1, 0.15) is 42.7 Å². The minimum absolute atomic E-state index is 0.178. The van der Waals surface area contributed by atoms with E-state index < -0.39 is 5.41 Å². The summed E-state index contributed by atoms with van der Waals surface area (Å²) in [5.74, 6) is 0. The number of benzene rings is 2.